The van der Waals surface area contributed by atoms with E-state index >= 15 is 0 Å². The molecule has 0 heterocycles. The Morgan fingerprint density at radius 1 is 1.21 bits per heavy atom. The van der Waals surface area contributed by atoms with Gasteiger partial charge in [0, 0.05) is 9.50 Å². The molecule has 0 fully saturated rings. The average molecular weight is 418 g/mol. The summed E-state index contributed by atoms with van der Waals surface area (Å²) in [4.78, 5) is 23.4. The van der Waals surface area contributed by atoms with Crippen molar-refractivity contribution in [3.63, 3.8) is 0 Å². The van der Waals surface area contributed by atoms with Crippen LogP contribution in [0.4, 0.5) is 4.39 Å². The molecule has 9 heteroatoms. The van der Waals surface area contributed by atoms with E-state index in [0.717, 1.165) is 0 Å². The number of amides is 2. The molecular formula is C15H11BrClFN2O4. The van der Waals surface area contributed by atoms with Crippen molar-refractivity contribution in [2.24, 2.45) is 0 Å². The van der Waals surface area contributed by atoms with E-state index in [1.165, 1.54) is 30.3 Å². The molecule has 0 bridgehead atoms. The maximum absolute atomic E-state index is 13.5. The van der Waals surface area contributed by atoms with Crippen LogP contribution >= 0.6 is 27.5 Å². The van der Waals surface area contributed by atoms with Gasteiger partial charge in [-0.05, 0) is 36.4 Å². The molecule has 0 unspecified atom stereocenters. The molecule has 24 heavy (non-hydrogen) atoms. The number of phenolic OH excluding ortho intramolecular Hbond substituents is 1. The first kappa shape index (κ1) is 18.0. The second-order valence-electron chi connectivity index (χ2n) is 4.53. The minimum atomic E-state index is -0.766. The first-order valence-corrected chi connectivity index (χ1v) is 7.69. The zero-order valence-electron chi connectivity index (χ0n) is 12.0. The van der Waals surface area contributed by atoms with Crippen molar-refractivity contribution in [2.45, 2.75) is 0 Å². The van der Waals surface area contributed by atoms with E-state index in [2.05, 4.69) is 26.8 Å². The molecule has 0 aliphatic carbocycles. The molecule has 0 saturated carbocycles. The maximum atomic E-state index is 13.5. The summed E-state index contributed by atoms with van der Waals surface area (Å²) < 4.78 is 19.1. The Labute approximate surface area is 149 Å². The van der Waals surface area contributed by atoms with Crippen LogP contribution in [-0.2, 0) is 4.79 Å². The number of phenols is 1. The number of aromatic hydroxyl groups is 1. The standard InChI is InChI=1S/C15H11BrClFN2O4/c16-8-1-4-13(11(18)5-8)24-7-14(22)19-20-15(23)10-6-9(17)2-3-12(10)21/h1-6,21H,7H2,(H,19,22)(H,20,23). The maximum Gasteiger partial charge on any atom is 0.276 e. The first-order chi connectivity index (χ1) is 11.4. The van der Waals surface area contributed by atoms with Crippen LogP contribution in [0.3, 0.4) is 0 Å². The van der Waals surface area contributed by atoms with Gasteiger partial charge in [-0.2, -0.15) is 0 Å². The fraction of sp³-hybridized carbons (Fsp3) is 0.0667. The van der Waals surface area contributed by atoms with Gasteiger partial charge >= 0.3 is 0 Å². The Hall–Kier alpha value is -2.32. The molecule has 6 nitrogen and oxygen atoms in total. The van der Waals surface area contributed by atoms with Gasteiger partial charge in [0.25, 0.3) is 11.8 Å². The third-order valence-corrected chi connectivity index (χ3v) is 3.50. The predicted molar refractivity (Wildman–Crippen MR) is 88.3 cm³/mol. The van der Waals surface area contributed by atoms with Gasteiger partial charge in [-0.15, -0.1) is 0 Å². The van der Waals surface area contributed by atoms with Crippen molar-refractivity contribution in [1.82, 2.24) is 10.9 Å². The summed E-state index contributed by atoms with van der Waals surface area (Å²) in [6.07, 6.45) is 0. The quantitative estimate of drug-likeness (QED) is 0.668. The molecule has 0 aliphatic heterocycles. The van der Waals surface area contributed by atoms with E-state index in [0.29, 0.717) is 4.47 Å². The predicted octanol–water partition coefficient (Wildman–Crippen LogP) is 2.79. The van der Waals surface area contributed by atoms with Crippen LogP contribution in [0.25, 0.3) is 0 Å². The highest BCUT2D eigenvalue weighted by atomic mass is 79.9. The summed E-state index contributed by atoms with van der Waals surface area (Å²) in [5.41, 5.74) is 4.06. The Balaban J connectivity index is 1.86. The number of hydrazine groups is 1. The Kier molecular flexibility index (Phi) is 5.99. The lowest BCUT2D eigenvalue weighted by Crippen LogP contribution is -2.43. The summed E-state index contributed by atoms with van der Waals surface area (Å²) in [7, 11) is 0. The number of hydrogen-bond acceptors (Lipinski definition) is 4. The SMILES string of the molecule is O=C(COc1ccc(Br)cc1F)NNC(=O)c1cc(Cl)ccc1O. The van der Waals surface area contributed by atoms with Crippen LogP contribution in [0, 0.1) is 5.82 Å². The lowest BCUT2D eigenvalue weighted by molar-refractivity contribution is -0.123. The molecule has 0 aliphatic rings. The summed E-state index contributed by atoms with van der Waals surface area (Å²) in [5.74, 6) is -2.51. The van der Waals surface area contributed by atoms with Crippen LogP contribution < -0.4 is 15.6 Å². The minimum Gasteiger partial charge on any atom is -0.507 e. The highest BCUT2D eigenvalue weighted by Crippen LogP contribution is 2.22. The Morgan fingerprint density at radius 3 is 2.67 bits per heavy atom. The average Bonchev–Trinajstić information content (AvgIpc) is 2.54. The number of ether oxygens (including phenoxy) is 1. The molecule has 3 N–H and O–H groups in total. The van der Waals surface area contributed by atoms with E-state index in [-0.39, 0.29) is 22.1 Å². The highest BCUT2D eigenvalue weighted by molar-refractivity contribution is 9.10. The third kappa shape index (κ3) is 4.84. The Bertz CT molecular complexity index is 788. The van der Waals surface area contributed by atoms with Crippen molar-refractivity contribution in [1.29, 1.82) is 0 Å². The largest absolute Gasteiger partial charge is 0.507 e. The summed E-state index contributed by atoms with van der Waals surface area (Å²) in [6.45, 7) is -0.514. The zero-order valence-corrected chi connectivity index (χ0v) is 14.3. The van der Waals surface area contributed by atoms with Gasteiger partial charge in [0.2, 0.25) is 0 Å². The molecular weight excluding hydrogens is 407 g/mol. The molecule has 0 atom stereocenters. The van der Waals surface area contributed by atoms with Crippen LogP contribution in [0.2, 0.25) is 5.02 Å². The van der Waals surface area contributed by atoms with Crippen LogP contribution in [-0.4, -0.2) is 23.5 Å². The molecule has 2 amide bonds. The summed E-state index contributed by atoms with van der Waals surface area (Å²) >= 11 is 8.83. The smallest absolute Gasteiger partial charge is 0.276 e. The first-order valence-electron chi connectivity index (χ1n) is 6.52. The highest BCUT2D eigenvalue weighted by Gasteiger charge is 2.13. The van der Waals surface area contributed by atoms with Gasteiger partial charge < -0.3 is 9.84 Å². The van der Waals surface area contributed by atoms with Gasteiger partial charge in [-0.1, -0.05) is 27.5 Å². The monoisotopic (exact) mass is 416 g/mol. The molecule has 0 saturated heterocycles. The molecule has 2 aromatic rings. The molecule has 126 valence electrons. The summed E-state index contributed by atoms with van der Waals surface area (Å²) in [6, 6.07) is 8.00. The van der Waals surface area contributed by atoms with E-state index in [4.69, 9.17) is 16.3 Å². The number of carbonyl (C=O) groups is 2. The number of rotatable bonds is 4. The lowest BCUT2D eigenvalue weighted by atomic mass is 10.2. The van der Waals surface area contributed by atoms with E-state index in [1.807, 2.05) is 0 Å². The number of benzene rings is 2. The summed E-state index contributed by atoms with van der Waals surface area (Å²) in [5, 5.41) is 9.82. The molecule has 0 aromatic heterocycles. The fourth-order valence-corrected chi connectivity index (χ4v) is 2.16. The fourth-order valence-electron chi connectivity index (χ4n) is 1.66. The zero-order chi connectivity index (χ0) is 17.7. The molecule has 2 aromatic carbocycles. The molecule has 0 spiro atoms. The number of nitrogens with one attached hydrogen (secondary N) is 2. The lowest BCUT2D eigenvalue weighted by Gasteiger charge is -2.10. The topological polar surface area (TPSA) is 87.7 Å². The van der Waals surface area contributed by atoms with Gasteiger partial charge in [0.05, 0.1) is 5.56 Å². The second kappa shape index (κ2) is 7.98. The van der Waals surface area contributed by atoms with E-state index < -0.39 is 24.2 Å². The normalized spacial score (nSPS) is 10.1. The van der Waals surface area contributed by atoms with Crippen molar-refractivity contribution >= 4 is 39.3 Å². The Morgan fingerprint density at radius 2 is 1.96 bits per heavy atom. The van der Waals surface area contributed by atoms with Crippen molar-refractivity contribution in [3.8, 4) is 11.5 Å². The van der Waals surface area contributed by atoms with Gasteiger partial charge in [0.15, 0.2) is 18.2 Å². The third-order valence-electron chi connectivity index (χ3n) is 2.77. The number of hydrogen-bond donors (Lipinski definition) is 3. The van der Waals surface area contributed by atoms with Crippen molar-refractivity contribution in [3.05, 3.63) is 57.3 Å². The van der Waals surface area contributed by atoms with Crippen LogP contribution in [0.1, 0.15) is 10.4 Å². The van der Waals surface area contributed by atoms with E-state index in [9.17, 15) is 19.1 Å². The van der Waals surface area contributed by atoms with Gasteiger partial charge in [-0.3, -0.25) is 20.4 Å². The van der Waals surface area contributed by atoms with Crippen molar-refractivity contribution < 1.29 is 23.8 Å². The van der Waals surface area contributed by atoms with Gasteiger partial charge in [0.1, 0.15) is 5.75 Å². The van der Waals surface area contributed by atoms with Gasteiger partial charge in [-0.25, -0.2) is 4.39 Å². The van der Waals surface area contributed by atoms with Crippen molar-refractivity contribution in [2.75, 3.05) is 6.61 Å². The minimum absolute atomic E-state index is 0.104. The van der Waals surface area contributed by atoms with Crippen LogP contribution in [0.15, 0.2) is 40.9 Å². The second-order valence-corrected chi connectivity index (χ2v) is 5.88. The molecule has 0 radical (unpaired) electrons. The van der Waals surface area contributed by atoms with E-state index in [1.54, 1.807) is 6.07 Å². The van der Waals surface area contributed by atoms with Crippen LogP contribution in [0.5, 0.6) is 11.5 Å². The number of carbonyl (C=O) groups excluding carboxylic acids is 2. The molecule has 2 rings (SSSR count). The number of halogens is 3.